The summed E-state index contributed by atoms with van der Waals surface area (Å²) in [6.45, 7) is 12.0. The van der Waals surface area contributed by atoms with Crippen molar-refractivity contribution in [3.05, 3.63) is 0 Å². The first-order valence-electron chi connectivity index (χ1n) is 6.37. The van der Waals surface area contributed by atoms with Crippen molar-refractivity contribution in [2.45, 2.75) is 52.7 Å². The van der Waals surface area contributed by atoms with Crippen molar-refractivity contribution in [3.63, 3.8) is 0 Å². The van der Waals surface area contributed by atoms with Gasteiger partial charge in [0.2, 0.25) is 0 Å². The van der Waals surface area contributed by atoms with Crippen molar-refractivity contribution in [1.29, 1.82) is 0 Å². The molecule has 100 valence electrons. The van der Waals surface area contributed by atoms with Crippen LogP contribution in [0, 0.1) is 5.92 Å². The average Bonchev–Trinajstić information content (AvgIpc) is 2.60. The molecule has 0 spiro atoms. The van der Waals surface area contributed by atoms with E-state index in [0.29, 0.717) is 12.5 Å². The van der Waals surface area contributed by atoms with Crippen molar-refractivity contribution in [2.24, 2.45) is 5.92 Å². The Morgan fingerprint density at radius 3 is 2.59 bits per heavy atom. The van der Waals surface area contributed by atoms with Gasteiger partial charge < -0.3 is 14.4 Å². The Kier molecular flexibility index (Phi) is 4.80. The highest BCUT2D eigenvalue weighted by molar-refractivity contribution is 5.68. The predicted molar refractivity (Wildman–Crippen MR) is 67.0 cm³/mol. The molecule has 1 aliphatic rings. The average molecular weight is 243 g/mol. The zero-order valence-electron chi connectivity index (χ0n) is 11.7. The maximum atomic E-state index is 11.8. The molecule has 17 heavy (non-hydrogen) atoms. The summed E-state index contributed by atoms with van der Waals surface area (Å²) < 4.78 is 11.1. The van der Waals surface area contributed by atoms with Crippen molar-refractivity contribution >= 4 is 6.09 Å². The van der Waals surface area contributed by atoms with Gasteiger partial charge in [0, 0.05) is 13.2 Å². The van der Waals surface area contributed by atoms with E-state index in [1.807, 2.05) is 20.8 Å². The second-order valence-corrected chi connectivity index (χ2v) is 6.06. The monoisotopic (exact) mass is 243 g/mol. The van der Waals surface area contributed by atoms with Gasteiger partial charge in [0.1, 0.15) is 5.60 Å². The number of nitrogens with zero attached hydrogens (tertiary/aromatic N) is 1. The molecule has 0 aromatic heterocycles. The summed E-state index contributed by atoms with van der Waals surface area (Å²) in [6, 6.07) is 0. The van der Waals surface area contributed by atoms with Crippen molar-refractivity contribution in [1.82, 2.24) is 4.90 Å². The number of ether oxygens (including phenoxy) is 2. The molecule has 1 amide bonds. The van der Waals surface area contributed by atoms with E-state index in [-0.39, 0.29) is 12.2 Å². The first kappa shape index (κ1) is 14.3. The molecule has 0 saturated carbocycles. The molecule has 0 N–H and O–H groups in total. The number of hydrogen-bond donors (Lipinski definition) is 0. The van der Waals surface area contributed by atoms with Crippen LogP contribution in [-0.2, 0) is 9.47 Å². The molecule has 0 bridgehead atoms. The van der Waals surface area contributed by atoms with Gasteiger partial charge in [-0.2, -0.15) is 0 Å². The van der Waals surface area contributed by atoms with E-state index in [1.165, 1.54) is 0 Å². The van der Waals surface area contributed by atoms with Gasteiger partial charge in [-0.05, 0) is 33.1 Å². The lowest BCUT2D eigenvalue weighted by Crippen LogP contribution is -2.36. The van der Waals surface area contributed by atoms with E-state index in [0.717, 1.165) is 19.6 Å². The van der Waals surface area contributed by atoms with Crippen LogP contribution in [-0.4, -0.2) is 42.4 Å². The van der Waals surface area contributed by atoms with Crippen LogP contribution in [0.4, 0.5) is 4.79 Å². The topological polar surface area (TPSA) is 38.8 Å². The van der Waals surface area contributed by atoms with E-state index in [1.54, 1.807) is 4.90 Å². The molecule has 0 unspecified atom stereocenters. The van der Waals surface area contributed by atoms with E-state index in [9.17, 15) is 4.79 Å². The molecule has 0 aromatic rings. The zero-order valence-corrected chi connectivity index (χ0v) is 11.7. The Labute approximate surface area is 104 Å². The molecule has 4 heteroatoms. The molecule has 1 saturated heterocycles. The lowest BCUT2D eigenvalue weighted by molar-refractivity contribution is 0.0174. The first-order valence-corrected chi connectivity index (χ1v) is 6.37. The zero-order chi connectivity index (χ0) is 13.1. The third kappa shape index (κ3) is 5.39. The van der Waals surface area contributed by atoms with Crippen LogP contribution < -0.4 is 0 Å². The standard InChI is InChI=1S/C13H25NO3/c1-10(2)9-16-11-6-7-14(8-11)12(15)17-13(3,4)5/h10-11H,6-9H2,1-5H3/t11-/m0/s1. The fourth-order valence-electron chi connectivity index (χ4n) is 1.69. The van der Waals surface area contributed by atoms with E-state index >= 15 is 0 Å². The molecule has 1 aliphatic heterocycles. The lowest BCUT2D eigenvalue weighted by atomic mass is 10.2. The number of likely N-dealkylation sites (tertiary alicyclic amines) is 1. The highest BCUT2D eigenvalue weighted by atomic mass is 16.6. The van der Waals surface area contributed by atoms with Crippen molar-refractivity contribution in [2.75, 3.05) is 19.7 Å². The molecule has 4 nitrogen and oxygen atoms in total. The minimum Gasteiger partial charge on any atom is -0.444 e. The molecule has 1 heterocycles. The third-order valence-electron chi connectivity index (χ3n) is 2.46. The van der Waals surface area contributed by atoms with E-state index < -0.39 is 5.60 Å². The Morgan fingerprint density at radius 1 is 1.41 bits per heavy atom. The lowest BCUT2D eigenvalue weighted by Gasteiger charge is -2.24. The summed E-state index contributed by atoms with van der Waals surface area (Å²) in [7, 11) is 0. The second kappa shape index (κ2) is 5.71. The highest BCUT2D eigenvalue weighted by Gasteiger charge is 2.30. The summed E-state index contributed by atoms with van der Waals surface area (Å²) in [5, 5.41) is 0. The minimum absolute atomic E-state index is 0.171. The largest absolute Gasteiger partial charge is 0.444 e. The van der Waals surface area contributed by atoms with Crippen LogP contribution in [0.2, 0.25) is 0 Å². The third-order valence-corrected chi connectivity index (χ3v) is 2.46. The van der Waals surface area contributed by atoms with Gasteiger partial charge in [0.05, 0.1) is 12.6 Å². The van der Waals surface area contributed by atoms with Gasteiger partial charge in [0.15, 0.2) is 0 Å². The Hall–Kier alpha value is -0.770. The SMILES string of the molecule is CC(C)CO[C@H]1CCN(C(=O)OC(C)(C)C)C1. The van der Waals surface area contributed by atoms with Crippen LogP contribution in [0.5, 0.6) is 0 Å². The molecule has 0 radical (unpaired) electrons. The summed E-state index contributed by atoms with van der Waals surface area (Å²) in [6.07, 6.45) is 0.851. The fourth-order valence-corrected chi connectivity index (χ4v) is 1.69. The normalized spacial score (nSPS) is 21.1. The predicted octanol–water partition coefficient (Wildman–Crippen LogP) is 2.67. The molecular formula is C13H25NO3. The minimum atomic E-state index is -0.423. The number of hydrogen-bond acceptors (Lipinski definition) is 3. The summed E-state index contributed by atoms with van der Waals surface area (Å²) in [4.78, 5) is 13.5. The number of amides is 1. The maximum Gasteiger partial charge on any atom is 0.410 e. The molecule has 1 atom stereocenters. The highest BCUT2D eigenvalue weighted by Crippen LogP contribution is 2.17. The smallest absolute Gasteiger partial charge is 0.410 e. The maximum absolute atomic E-state index is 11.8. The molecule has 1 rings (SSSR count). The molecule has 0 aliphatic carbocycles. The molecule has 0 aromatic carbocycles. The van der Waals surface area contributed by atoms with Gasteiger partial charge in [-0.15, -0.1) is 0 Å². The van der Waals surface area contributed by atoms with Gasteiger partial charge in [-0.1, -0.05) is 13.8 Å². The number of carbonyl (C=O) groups excluding carboxylic acids is 1. The van der Waals surface area contributed by atoms with Crippen molar-refractivity contribution in [3.8, 4) is 0 Å². The fraction of sp³-hybridized carbons (Fsp3) is 0.923. The van der Waals surface area contributed by atoms with Crippen LogP contribution >= 0.6 is 0 Å². The van der Waals surface area contributed by atoms with E-state index in [2.05, 4.69) is 13.8 Å². The Morgan fingerprint density at radius 2 is 2.06 bits per heavy atom. The summed E-state index contributed by atoms with van der Waals surface area (Å²) in [5.74, 6) is 0.533. The number of carbonyl (C=O) groups is 1. The Bertz CT molecular complexity index is 258. The number of rotatable bonds is 3. The summed E-state index contributed by atoms with van der Waals surface area (Å²) in [5.41, 5.74) is -0.423. The van der Waals surface area contributed by atoms with Crippen LogP contribution in [0.3, 0.4) is 0 Å². The van der Waals surface area contributed by atoms with Crippen LogP contribution in [0.1, 0.15) is 41.0 Å². The quantitative estimate of drug-likeness (QED) is 0.765. The van der Waals surface area contributed by atoms with Crippen LogP contribution in [0.25, 0.3) is 0 Å². The van der Waals surface area contributed by atoms with Gasteiger partial charge in [-0.25, -0.2) is 4.79 Å². The Balaban J connectivity index is 2.32. The molecular weight excluding hydrogens is 218 g/mol. The van der Waals surface area contributed by atoms with Gasteiger partial charge in [0.25, 0.3) is 0 Å². The van der Waals surface area contributed by atoms with Gasteiger partial charge >= 0.3 is 6.09 Å². The van der Waals surface area contributed by atoms with Crippen molar-refractivity contribution < 1.29 is 14.3 Å². The van der Waals surface area contributed by atoms with E-state index in [4.69, 9.17) is 9.47 Å². The second-order valence-electron chi connectivity index (χ2n) is 6.06. The first-order chi connectivity index (χ1) is 7.78. The summed E-state index contributed by atoms with van der Waals surface area (Å²) >= 11 is 0. The molecule has 1 fully saturated rings. The van der Waals surface area contributed by atoms with Crippen LogP contribution in [0.15, 0.2) is 0 Å². The van der Waals surface area contributed by atoms with Gasteiger partial charge in [-0.3, -0.25) is 0 Å².